The van der Waals surface area contributed by atoms with Gasteiger partial charge in [0.05, 0.1) is 25.6 Å². The summed E-state index contributed by atoms with van der Waals surface area (Å²) in [5.41, 5.74) is 0.325. The number of rotatable bonds is 7. The molecule has 1 aromatic carbocycles. The van der Waals surface area contributed by atoms with E-state index in [2.05, 4.69) is 30.1 Å². The maximum Gasteiger partial charge on any atom is 0.327 e. The number of aromatic nitrogens is 7. The van der Waals surface area contributed by atoms with E-state index in [-0.39, 0.29) is 54.5 Å². The second-order valence-electron chi connectivity index (χ2n) is 12.4. The zero-order valence-corrected chi connectivity index (χ0v) is 31.6. The van der Waals surface area contributed by atoms with Gasteiger partial charge < -0.3 is 42.6 Å². The highest BCUT2D eigenvalue weighted by Gasteiger charge is 2.52. The van der Waals surface area contributed by atoms with Crippen molar-refractivity contribution in [1.29, 1.82) is 0 Å². The predicted molar refractivity (Wildman–Crippen MR) is 196 cm³/mol. The topological polar surface area (TPSA) is 201 Å². The highest BCUT2D eigenvalue weighted by atomic mass is 32.5. The molecule has 0 spiro atoms. The van der Waals surface area contributed by atoms with Gasteiger partial charge in [-0.15, -0.1) is 0 Å². The van der Waals surface area contributed by atoms with Crippen molar-refractivity contribution in [2.75, 3.05) is 31.7 Å². The lowest BCUT2D eigenvalue weighted by atomic mass is 10.1. The maximum atomic E-state index is 16.8. The summed E-state index contributed by atoms with van der Waals surface area (Å²) in [5, 5.41) is 2.70. The number of carbonyl (C=O) groups excluding carboxylic acids is 1. The molecule has 8 rings (SSSR count). The molecular weight excluding hydrogens is 803 g/mol. The first-order chi connectivity index (χ1) is 26.5. The fraction of sp³-hybridized carbons (Fsp3) is 0.387. The summed E-state index contributed by atoms with van der Waals surface area (Å²) in [7, 11) is 0. The summed E-state index contributed by atoms with van der Waals surface area (Å²) in [6.45, 7) is -1.79. The van der Waals surface area contributed by atoms with E-state index in [0.29, 0.717) is 5.56 Å². The summed E-state index contributed by atoms with van der Waals surface area (Å²) in [5.74, 6) is -0.129. The van der Waals surface area contributed by atoms with Crippen LogP contribution < -0.4 is 10.9 Å². The van der Waals surface area contributed by atoms with Crippen molar-refractivity contribution >= 4 is 65.7 Å². The molecule has 2 bridgehead atoms. The van der Waals surface area contributed by atoms with Crippen LogP contribution in [-0.2, 0) is 55.7 Å². The molecule has 0 aliphatic carbocycles. The number of nitrogens with zero attached hydrogens (tertiary/aromatic N) is 8. The van der Waals surface area contributed by atoms with Crippen molar-refractivity contribution in [2.45, 2.75) is 49.5 Å². The first kappa shape index (κ1) is 38.0. The van der Waals surface area contributed by atoms with Gasteiger partial charge in [0.15, 0.2) is 35.6 Å². The number of anilines is 1. The average molecular weight is 834 g/mol. The number of nitrogens with one attached hydrogen (secondary N) is 1. The highest BCUT2D eigenvalue weighted by Crippen LogP contribution is 2.56. The van der Waals surface area contributed by atoms with Crippen molar-refractivity contribution < 1.29 is 46.2 Å². The van der Waals surface area contributed by atoms with Crippen molar-refractivity contribution in [3.8, 4) is 0 Å². The molecule has 2 unspecified atom stereocenters. The van der Waals surface area contributed by atoms with Crippen LogP contribution in [-0.4, -0.2) is 101 Å². The van der Waals surface area contributed by atoms with Gasteiger partial charge in [-0.1, -0.05) is 18.2 Å². The Hall–Kier alpha value is -3.94. The van der Waals surface area contributed by atoms with Crippen LogP contribution in [0.25, 0.3) is 21.8 Å². The van der Waals surface area contributed by atoms with Crippen LogP contribution in [0.15, 0.2) is 72.4 Å². The molecule has 4 aromatic heterocycles. The molecule has 9 atom stereocenters. The molecule has 1 amide bonds. The van der Waals surface area contributed by atoms with E-state index < -0.39 is 69.0 Å². The minimum atomic E-state index is -4.11. The van der Waals surface area contributed by atoms with Gasteiger partial charge in [0, 0.05) is 36.6 Å². The van der Waals surface area contributed by atoms with Gasteiger partial charge in [-0.2, -0.15) is 0 Å². The Morgan fingerprint density at radius 1 is 1.04 bits per heavy atom. The summed E-state index contributed by atoms with van der Waals surface area (Å²) < 4.78 is 63.3. The summed E-state index contributed by atoms with van der Waals surface area (Å²) in [6.07, 6.45) is -1.91. The highest BCUT2D eigenvalue weighted by molar-refractivity contribution is 8.07. The van der Waals surface area contributed by atoms with Crippen LogP contribution in [0, 0.1) is 6.57 Å². The van der Waals surface area contributed by atoms with Crippen LogP contribution >= 0.6 is 13.4 Å². The SMILES string of the molecule is [C-]#[N+]CCOP1(=S)OC[C@@H]2C[C@@H](OP(O)(=S)OC[C@H]3O[C@@H](n4cnc5c(NC(=O)c6ccccc6)ncnc54)[C@@H](F)[C@@H]3O1)[C@H](n1ccc(=O)n3ccnc13)O2. The largest absolute Gasteiger partial charge is 0.349 e. The van der Waals surface area contributed by atoms with Gasteiger partial charge in [-0.05, 0) is 35.7 Å². The number of halogens is 1. The summed E-state index contributed by atoms with van der Waals surface area (Å²) in [4.78, 5) is 57.0. The Balaban J connectivity index is 1.09. The molecular formula is C31H30FN9O10P2S2. The molecule has 288 valence electrons. The molecule has 55 heavy (non-hydrogen) atoms. The van der Waals surface area contributed by atoms with Crippen LogP contribution in [0.5, 0.6) is 0 Å². The fourth-order valence-electron chi connectivity index (χ4n) is 6.38. The zero-order chi connectivity index (χ0) is 38.3. The molecule has 7 heterocycles. The van der Waals surface area contributed by atoms with Crippen molar-refractivity contribution in [2.24, 2.45) is 0 Å². The number of fused-ring (bicyclic) bond motifs is 5. The summed E-state index contributed by atoms with van der Waals surface area (Å²) >= 11 is 11.2. The van der Waals surface area contributed by atoms with Gasteiger partial charge in [-0.3, -0.25) is 27.6 Å². The summed E-state index contributed by atoms with van der Waals surface area (Å²) in [6, 6.07) is 9.79. The number of imidazole rings is 2. The van der Waals surface area contributed by atoms with Crippen molar-refractivity contribution in [1.82, 2.24) is 33.5 Å². The van der Waals surface area contributed by atoms with Crippen LogP contribution in [0.2, 0.25) is 0 Å². The number of hydrogen-bond acceptors (Lipinski definition) is 15. The molecule has 3 fully saturated rings. The molecule has 5 aromatic rings. The van der Waals surface area contributed by atoms with Crippen LogP contribution in [0.3, 0.4) is 0 Å². The second kappa shape index (κ2) is 15.5. The second-order valence-corrected chi connectivity index (χ2v) is 18.1. The minimum absolute atomic E-state index is 0.0779. The molecule has 24 heteroatoms. The van der Waals surface area contributed by atoms with E-state index in [1.807, 2.05) is 0 Å². The third kappa shape index (κ3) is 7.76. The maximum absolute atomic E-state index is 16.8. The molecule has 0 radical (unpaired) electrons. The lowest BCUT2D eigenvalue weighted by Gasteiger charge is -2.29. The quantitative estimate of drug-likeness (QED) is 0.137. The predicted octanol–water partition coefficient (Wildman–Crippen LogP) is 3.31. The van der Waals surface area contributed by atoms with Gasteiger partial charge in [0.1, 0.15) is 31.2 Å². The molecule has 3 saturated heterocycles. The lowest BCUT2D eigenvalue weighted by Crippen LogP contribution is -2.34. The Morgan fingerprint density at radius 3 is 2.69 bits per heavy atom. The number of ether oxygens (including phenoxy) is 2. The number of carbonyl (C=O) groups is 1. The van der Waals surface area contributed by atoms with E-state index in [9.17, 15) is 14.5 Å². The number of alkyl halides is 1. The number of amides is 1. The van der Waals surface area contributed by atoms with Gasteiger partial charge in [-0.25, -0.2) is 30.9 Å². The average Bonchev–Trinajstić information content (AvgIpc) is 3.98. The van der Waals surface area contributed by atoms with Crippen molar-refractivity contribution in [3.05, 3.63) is 95.0 Å². The van der Waals surface area contributed by atoms with E-state index in [0.717, 1.165) is 0 Å². The lowest BCUT2D eigenvalue weighted by molar-refractivity contribution is -0.0610. The first-order valence-corrected chi connectivity index (χ1v) is 21.8. The monoisotopic (exact) mass is 833 g/mol. The van der Waals surface area contributed by atoms with Gasteiger partial charge >= 0.3 is 13.4 Å². The third-order valence-corrected chi connectivity index (χ3v) is 12.8. The first-order valence-electron chi connectivity index (χ1n) is 16.6. The van der Waals surface area contributed by atoms with Gasteiger partial charge in [0.2, 0.25) is 12.3 Å². The Labute approximate surface area is 320 Å². The minimum Gasteiger partial charge on any atom is -0.349 e. The van der Waals surface area contributed by atoms with Crippen molar-refractivity contribution in [3.63, 3.8) is 0 Å². The molecule has 3 aliphatic heterocycles. The molecule has 19 nitrogen and oxygen atoms in total. The number of benzene rings is 1. The molecule has 3 aliphatic rings. The van der Waals surface area contributed by atoms with E-state index in [1.54, 1.807) is 34.9 Å². The standard InChI is InChI=1S/C31H30FN9O10P2S2/c1-33-9-12-45-53(55)47-14-19-13-20(29(48-19)40-10-7-22(42)39-11-8-34-31(39)40)50-52(44,54)46-15-21-25(51-53)23(32)30(49-21)41-17-37-24-26(35-16-36-27(24)41)38-28(43)18-5-3-2-4-6-18/h2-8,10-11,16-17,19-21,23,25,29-30H,9,12-15H2,(H,44,54)(H,35,36,38,43)/t19-,20+,21+,23-,25+,29+,30+,52?,53?/m0/s1. The van der Waals surface area contributed by atoms with Gasteiger partial charge in [0.25, 0.3) is 11.5 Å². The molecule has 0 saturated carbocycles. The van der Waals surface area contributed by atoms with E-state index >= 15 is 4.39 Å². The Bertz CT molecular complexity index is 2430. The third-order valence-electron chi connectivity index (χ3n) is 8.85. The van der Waals surface area contributed by atoms with Crippen LogP contribution in [0.4, 0.5) is 10.2 Å². The Kier molecular flexibility index (Phi) is 10.7. The smallest absolute Gasteiger partial charge is 0.327 e. The normalized spacial score (nSPS) is 31.3. The van der Waals surface area contributed by atoms with E-state index in [1.165, 1.54) is 46.3 Å². The fourth-order valence-corrected chi connectivity index (χ4v) is 9.92. The van der Waals surface area contributed by atoms with Crippen LogP contribution in [0.1, 0.15) is 29.2 Å². The Morgan fingerprint density at radius 2 is 1.87 bits per heavy atom. The van der Waals surface area contributed by atoms with E-state index in [4.69, 9.17) is 62.3 Å². The molecule has 2 N–H and O–H groups in total. The zero-order valence-electron chi connectivity index (χ0n) is 28.2. The number of hydrogen-bond donors (Lipinski definition) is 2.